The van der Waals surface area contributed by atoms with Crippen LogP contribution in [0, 0.1) is 18.2 Å². The minimum atomic E-state index is -1.70. The summed E-state index contributed by atoms with van der Waals surface area (Å²) < 4.78 is 14.4. The van der Waals surface area contributed by atoms with Crippen molar-refractivity contribution in [1.82, 2.24) is 0 Å². The Kier molecular flexibility index (Phi) is 5.83. The van der Waals surface area contributed by atoms with Gasteiger partial charge in [-0.15, -0.1) is 0 Å². The van der Waals surface area contributed by atoms with Crippen molar-refractivity contribution in [3.8, 4) is 0 Å². The summed E-state index contributed by atoms with van der Waals surface area (Å²) in [5, 5.41) is 0.640. The van der Waals surface area contributed by atoms with Crippen LogP contribution in [0.5, 0.6) is 0 Å². The number of halogens is 3. The summed E-state index contributed by atoms with van der Waals surface area (Å²) in [7, 11) is 0. The molecule has 0 bridgehead atoms. The second-order valence-electron chi connectivity index (χ2n) is 10.8. The molecule has 0 amide bonds. The third-order valence-electron chi connectivity index (χ3n) is 8.67. The van der Waals surface area contributed by atoms with Crippen LogP contribution in [0.15, 0.2) is 91.0 Å². The van der Waals surface area contributed by atoms with E-state index >= 15 is 0 Å². The van der Waals surface area contributed by atoms with Crippen molar-refractivity contribution in [2.75, 3.05) is 4.90 Å². The molecule has 3 atom stereocenters. The van der Waals surface area contributed by atoms with E-state index in [1.807, 2.05) is 24.0 Å². The molecule has 2 aliphatic heterocycles. The lowest BCUT2D eigenvalue weighted by Gasteiger charge is -2.37. The van der Waals surface area contributed by atoms with E-state index < -0.39 is 29.2 Å². The van der Waals surface area contributed by atoms with Crippen molar-refractivity contribution in [1.29, 1.82) is 0 Å². The van der Waals surface area contributed by atoms with Gasteiger partial charge in [0.1, 0.15) is 17.3 Å². The van der Waals surface area contributed by atoms with Crippen molar-refractivity contribution in [3.63, 3.8) is 0 Å². The Morgan fingerprint density at radius 3 is 2.22 bits per heavy atom. The van der Waals surface area contributed by atoms with Gasteiger partial charge in [0.05, 0.1) is 6.04 Å². The lowest BCUT2D eigenvalue weighted by Crippen LogP contribution is -2.48. The van der Waals surface area contributed by atoms with Gasteiger partial charge in [0.2, 0.25) is 0 Å². The SMILES string of the molecule is Cc1ccc(C(=O)[C@@H]2[C@H](c3ccc(Cl)cc3Cl)C3(C(=O)c4ccccc4C3=O)[C@H]3C=Cc4cc(F)ccc4N23)cc1. The second kappa shape index (κ2) is 9.23. The smallest absolute Gasteiger partial charge is 0.185 e. The fourth-order valence-corrected chi connectivity index (χ4v) is 7.46. The molecule has 7 rings (SSSR count). The van der Waals surface area contributed by atoms with Crippen LogP contribution in [0.3, 0.4) is 0 Å². The second-order valence-corrected chi connectivity index (χ2v) is 11.6. The normalized spacial score (nSPS) is 21.7. The van der Waals surface area contributed by atoms with E-state index in [9.17, 15) is 18.8 Å². The van der Waals surface area contributed by atoms with Crippen LogP contribution in [0.1, 0.15) is 53.7 Å². The van der Waals surface area contributed by atoms with Crippen LogP contribution in [0.4, 0.5) is 10.1 Å². The van der Waals surface area contributed by atoms with Gasteiger partial charge < -0.3 is 4.90 Å². The molecule has 0 aromatic heterocycles. The summed E-state index contributed by atoms with van der Waals surface area (Å²) in [6, 6.07) is 21.3. The van der Waals surface area contributed by atoms with Crippen molar-refractivity contribution >= 4 is 52.3 Å². The van der Waals surface area contributed by atoms with E-state index in [1.54, 1.807) is 72.8 Å². The van der Waals surface area contributed by atoms with Crippen molar-refractivity contribution in [3.05, 3.63) is 140 Å². The summed E-state index contributed by atoms with van der Waals surface area (Å²) in [4.78, 5) is 45.8. The van der Waals surface area contributed by atoms with Gasteiger partial charge in [0.15, 0.2) is 17.3 Å². The monoisotopic (exact) mass is 581 g/mol. The highest BCUT2D eigenvalue weighted by molar-refractivity contribution is 6.36. The molecule has 0 radical (unpaired) electrons. The molecule has 2 heterocycles. The molecular weight excluding hydrogens is 560 g/mol. The number of Topliss-reactive ketones (excluding diaryl/α,β-unsaturated/α-hetero) is 3. The first-order chi connectivity index (χ1) is 19.7. The van der Waals surface area contributed by atoms with Gasteiger partial charge in [0.25, 0.3) is 0 Å². The molecule has 0 N–H and O–H groups in total. The summed E-state index contributed by atoms with van der Waals surface area (Å²) in [6.45, 7) is 1.93. The van der Waals surface area contributed by atoms with Gasteiger partial charge in [-0.05, 0) is 42.8 Å². The van der Waals surface area contributed by atoms with E-state index in [0.717, 1.165) is 5.56 Å². The molecule has 1 aliphatic carbocycles. The van der Waals surface area contributed by atoms with Crippen molar-refractivity contribution < 1.29 is 18.8 Å². The number of hydrogen-bond acceptors (Lipinski definition) is 4. The quantitative estimate of drug-likeness (QED) is 0.183. The van der Waals surface area contributed by atoms with Gasteiger partial charge in [-0.25, -0.2) is 4.39 Å². The lowest BCUT2D eigenvalue weighted by atomic mass is 9.64. The van der Waals surface area contributed by atoms with E-state index in [4.69, 9.17) is 23.2 Å². The third kappa shape index (κ3) is 3.55. The number of hydrogen-bond donors (Lipinski definition) is 0. The predicted molar refractivity (Wildman–Crippen MR) is 158 cm³/mol. The molecule has 4 aromatic carbocycles. The molecular formula is C34H22Cl2FNO3. The highest BCUT2D eigenvalue weighted by Gasteiger charge is 2.71. The summed E-state index contributed by atoms with van der Waals surface area (Å²) in [5.74, 6) is -2.40. The van der Waals surface area contributed by atoms with Gasteiger partial charge in [0, 0.05) is 43.9 Å². The van der Waals surface area contributed by atoms with Crippen LogP contribution in [0.25, 0.3) is 6.08 Å². The summed E-state index contributed by atoms with van der Waals surface area (Å²) in [6.07, 6.45) is 3.48. The topological polar surface area (TPSA) is 54.5 Å². The highest BCUT2D eigenvalue weighted by atomic mass is 35.5. The van der Waals surface area contributed by atoms with Crippen LogP contribution >= 0.6 is 23.2 Å². The number of ketones is 3. The maximum atomic E-state index is 14.6. The number of carbonyl (C=O) groups excluding carboxylic acids is 3. The van der Waals surface area contributed by atoms with Gasteiger partial charge in [-0.1, -0.05) is 95.5 Å². The summed E-state index contributed by atoms with van der Waals surface area (Å²) >= 11 is 13.1. The largest absolute Gasteiger partial charge is 0.352 e. The number of anilines is 1. The molecule has 41 heavy (non-hydrogen) atoms. The van der Waals surface area contributed by atoms with E-state index in [-0.39, 0.29) is 22.4 Å². The fourth-order valence-electron chi connectivity index (χ4n) is 6.93. The maximum absolute atomic E-state index is 14.6. The van der Waals surface area contributed by atoms with E-state index in [2.05, 4.69) is 0 Å². The highest BCUT2D eigenvalue weighted by Crippen LogP contribution is 2.61. The predicted octanol–water partition coefficient (Wildman–Crippen LogP) is 7.76. The zero-order valence-corrected chi connectivity index (χ0v) is 23.3. The Balaban J connectivity index is 1.56. The first-order valence-electron chi connectivity index (χ1n) is 13.2. The van der Waals surface area contributed by atoms with Crippen LogP contribution in [-0.2, 0) is 0 Å². The first-order valence-corrected chi connectivity index (χ1v) is 14.0. The Hall–Kier alpha value is -4.06. The number of benzene rings is 4. The number of fused-ring (bicyclic) bond motifs is 5. The molecule has 202 valence electrons. The van der Waals surface area contributed by atoms with Gasteiger partial charge in [-0.2, -0.15) is 0 Å². The standard InChI is InChI=1S/C34H22Cl2FNO3/c1-18-6-8-19(9-7-18)31(39)30-29(25-13-11-21(35)17-26(25)36)34(32(40)23-4-2-3-5-24(23)33(34)41)28-15-10-20-16-22(37)12-14-27(20)38(28)30/h2-17,28-30H,1H3/t28-,29+,30+/m1/s1. The van der Waals surface area contributed by atoms with Crippen molar-refractivity contribution in [2.24, 2.45) is 5.41 Å². The zero-order chi connectivity index (χ0) is 28.6. The zero-order valence-electron chi connectivity index (χ0n) is 21.8. The summed E-state index contributed by atoms with van der Waals surface area (Å²) in [5.41, 5.74) is 1.93. The maximum Gasteiger partial charge on any atom is 0.185 e. The van der Waals surface area contributed by atoms with E-state index in [1.165, 1.54) is 12.1 Å². The average Bonchev–Trinajstić information content (AvgIpc) is 3.39. The molecule has 1 spiro atoms. The number of aryl methyl sites for hydroxylation is 1. The Morgan fingerprint density at radius 1 is 0.878 bits per heavy atom. The molecule has 1 saturated heterocycles. The Morgan fingerprint density at radius 2 is 1.56 bits per heavy atom. The van der Waals surface area contributed by atoms with Crippen LogP contribution in [0.2, 0.25) is 10.0 Å². The third-order valence-corrected chi connectivity index (χ3v) is 9.23. The fraction of sp³-hybridized carbons (Fsp3) is 0.147. The Bertz CT molecular complexity index is 1800. The van der Waals surface area contributed by atoms with Crippen LogP contribution < -0.4 is 4.90 Å². The molecule has 3 aliphatic rings. The number of rotatable bonds is 3. The van der Waals surface area contributed by atoms with Crippen LogP contribution in [-0.4, -0.2) is 29.4 Å². The molecule has 0 saturated carbocycles. The lowest BCUT2D eigenvalue weighted by molar-refractivity contribution is 0.0666. The minimum absolute atomic E-state index is 0.253. The molecule has 1 fully saturated rings. The number of nitrogens with zero attached hydrogens (tertiary/aromatic N) is 1. The average molecular weight is 582 g/mol. The minimum Gasteiger partial charge on any atom is -0.352 e. The molecule has 7 heteroatoms. The molecule has 0 unspecified atom stereocenters. The molecule has 4 aromatic rings. The molecule has 4 nitrogen and oxygen atoms in total. The van der Waals surface area contributed by atoms with Gasteiger partial charge in [-0.3, -0.25) is 14.4 Å². The van der Waals surface area contributed by atoms with E-state index in [0.29, 0.717) is 38.5 Å². The van der Waals surface area contributed by atoms with Gasteiger partial charge >= 0.3 is 0 Å². The number of carbonyl (C=O) groups is 3. The first kappa shape index (κ1) is 25.9. The van der Waals surface area contributed by atoms with Crippen molar-refractivity contribution in [2.45, 2.75) is 24.9 Å². The Labute approximate surface area is 246 Å².